The minimum absolute atomic E-state index is 0.0343. The van der Waals surface area contributed by atoms with E-state index in [1.54, 1.807) is 12.7 Å². The molecule has 9 heteroatoms. The lowest BCUT2D eigenvalue weighted by Gasteiger charge is -2.40. The topological polar surface area (TPSA) is 104 Å². The van der Waals surface area contributed by atoms with Gasteiger partial charge in [-0.3, -0.25) is 4.57 Å². The van der Waals surface area contributed by atoms with Crippen LogP contribution in [0.25, 0.3) is 11.2 Å². The Bertz CT molecular complexity index is 3310. The summed E-state index contributed by atoms with van der Waals surface area (Å²) in [5, 5.41) is 17.2. The molecule has 9 nitrogen and oxygen atoms in total. The number of rotatable bonds is 17. The summed E-state index contributed by atoms with van der Waals surface area (Å²) in [7, 11) is 0. The average Bonchev–Trinajstić information content (AvgIpc) is 4.12. The van der Waals surface area contributed by atoms with Crippen LogP contribution in [0, 0.1) is 0 Å². The second kappa shape index (κ2) is 21.2. The molecule has 0 radical (unpaired) electrons. The molecule has 1 saturated heterocycles. The van der Waals surface area contributed by atoms with Crippen molar-refractivity contribution >= 4 is 17.0 Å². The molecular formula is C67H55N5O4. The van der Waals surface area contributed by atoms with E-state index in [4.69, 9.17) is 29.2 Å². The lowest BCUT2D eigenvalue weighted by Crippen LogP contribution is -2.45. The number of nitrogens with one attached hydrogen (secondary N) is 1. The normalized spacial score (nSPS) is 16.9. The van der Waals surface area contributed by atoms with E-state index in [9.17, 15) is 5.11 Å². The Hall–Kier alpha value is -8.83. The molecular weight excluding hydrogens is 939 g/mol. The van der Waals surface area contributed by atoms with Gasteiger partial charge in [-0.2, -0.15) is 0 Å². The highest BCUT2D eigenvalue weighted by Crippen LogP contribution is 2.48. The van der Waals surface area contributed by atoms with Gasteiger partial charge in [0.25, 0.3) is 0 Å². The molecule has 1 aliphatic heterocycles. The molecule has 11 aromatic rings. The van der Waals surface area contributed by atoms with Gasteiger partial charge in [-0.1, -0.05) is 273 Å². The van der Waals surface area contributed by atoms with Crippen LogP contribution in [-0.2, 0) is 31.0 Å². The average molecular weight is 994 g/mol. The van der Waals surface area contributed by atoms with Crippen LogP contribution in [0.2, 0.25) is 0 Å². The summed E-state index contributed by atoms with van der Waals surface area (Å²) in [4.78, 5) is 15.0. The zero-order valence-corrected chi connectivity index (χ0v) is 41.6. The first-order valence-electron chi connectivity index (χ1n) is 25.7. The van der Waals surface area contributed by atoms with Crippen LogP contribution in [0.4, 0.5) is 5.82 Å². The fraction of sp³-hybridized carbons (Fsp3) is 0.119. The smallest absolute Gasteiger partial charge is 0.167 e. The van der Waals surface area contributed by atoms with Gasteiger partial charge in [0, 0.05) is 0 Å². The Morgan fingerprint density at radius 1 is 0.434 bits per heavy atom. The molecule has 1 fully saturated rings. The number of fused-ring (bicyclic) bond motifs is 1. The quantitative estimate of drug-likeness (QED) is 0.0870. The highest BCUT2D eigenvalue weighted by molar-refractivity contribution is 5.84. The second-order valence-electron chi connectivity index (χ2n) is 19.0. The number of imidazole rings is 1. The maximum absolute atomic E-state index is 13.3. The van der Waals surface area contributed by atoms with Gasteiger partial charge in [-0.25, -0.2) is 15.0 Å². The molecule has 9 aromatic carbocycles. The van der Waals surface area contributed by atoms with E-state index in [-0.39, 0.29) is 6.61 Å². The van der Waals surface area contributed by atoms with Crippen LogP contribution in [0.3, 0.4) is 0 Å². The minimum atomic E-state index is -1.25. The van der Waals surface area contributed by atoms with Crippen LogP contribution >= 0.6 is 0 Å². The lowest BCUT2D eigenvalue weighted by atomic mass is 9.77. The SMILES string of the molecule is OC1C(COC(c2ccccc2)(c2ccccc2)c2ccccc2)OC(n2cnc3c(NC(c4ccccc4)(c4ccccc4)c4ccccc4)ncnc32)C1OC(c1ccccc1)(c1ccccc1)c1ccccc1. The molecule has 2 N–H and O–H groups in total. The van der Waals surface area contributed by atoms with Crippen molar-refractivity contribution < 1.29 is 19.3 Å². The van der Waals surface area contributed by atoms with Gasteiger partial charge in [0.05, 0.1) is 12.9 Å². The van der Waals surface area contributed by atoms with Crippen LogP contribution in [0.15, 0.2) is 286 Å². The summed E-state index contributed by atoms with van der Waals surface area (Å²) >= 11 is 0. The maximum Gasteiger partial charge on any atom is 0.167 e. The van der Waals surface area contributed by atoms with Crippen molar-refractivity contribution in [1.29, 1.82) is 0 Å². The van der Waals surface area contributed by atoms with Crippen molar-refractivity contribution in [3.05, 3.63) is 336 Å². The van der Waals surface area contributed by atoms with Crippen LogP contribution < -0.4 is 5.32 Å². The van der Waals surface area contributed by atoms with E-state index in [1.165, 1.54) is 0 Å². The van der Waals surface area contributed by atoms with Gasteiger partial charge in [0.1, 0.15) is 41.4 Å². The molecule has 76 heavy (non-hydrogen) atoms. The molecule has 0 amide bonds. The summed E-state index contributed by atoms with van der Waals surface area (Å²) in [5.41, 5.74) is 6.15. The second-order valence-corrected chi connectivity index (χ2v) is 19.0. The van der Waals surface area contributed by atoms with Crippen LogP contribution in [-0.4, -0.2) is 49.5 Å². The summed E-state index contributed by atoms with van der Waals surface area (Å²) in [6, 6.07) is 92.3. The molecule has 0 bridgehead atoms. The third kappa shape index (κ3) is 8.65. The van der Waals surface area contributed by atoms with Crippen molar-refractivity contribution in [3.8, 4) is 0 Å². The Labute approximate surface area is 442 Å². The molecule has 4 atom stereocenters. The number of aliphatic hydroxyl groups excluding tert-OH is 1. The Morgan fingerprint density at radius 3 is 1.14 bits per heavy atom. The van der Waals surface area contributed by atoms with Crippen molar-refractivity contribution in [3.63, 3.8) is 0 Å². The highest BCUT2D eigenvalue weighted by atomic mass is 16.6. The van der Waals surface area contributed by atoms with E-state index in [0.29, 0.717) is 17.0 Å². The largest absolute Gasteiger partial charge is 0.387 e. The molecule has 4 unspecified atom stereocenters. The standard InChI is InChI=1S/C67H55N5O4/c73-60-58(46-74-66(52-34-16-4-17-35-52,53-36-18-5-19-37-53)54-38-20-6-21-39-54)75-64(61(60)76-67(55-40-22-7-23-41-55,56-42-24-8-25-43-56)57-44-26-9-27-45-57)72-48-70-59-62(68-47-69-63(59)72)71-65(49-28-10-1-11-29-49,50-30-12-2-13-31-50)51-32-14-3-15-33-51/h1-45,47-48,58,60-61,64,73H,46H2,(H,68,69,71). The Kier molecular flexibility index (Phi) is 13.4. The number of nitrogens with zero attached hydrogens (tertiary/aromatic N) is 4. The minimum Gasteiger partial charge on any atom is -0.387 e. The lowest BCUT2D eigenvalue weighted by molar-refractivity contribution is -0.122. The molecule has 0 aliphatic carbocycles. The van der Waals surface area contributed by atoms with Gasteiger partial charge in [-0.15, -0.1) is 0 Å². The number of hydrogen-bond donors (Lipinski definition) is 2. The van der Waals surface area contributed by atoms with Gasteiger partial charge >= 0.3 is 0 Å². The number of ether oxygens (including phenoxy) is 3. The van der Waals surface area contributed by atoms with Crippen LogP contribution in [0.1, 0.15) is 56.3 Å². The molecule has 2 aromatic heterocycles. The number of anilines is 1. The number of benzene rings is 9. The zero-order valence-electron chi connectivity index (χ0n) is 41.6. The fourth-order valence-corrected chi connectivity index (χ4v) is 11.2. The summed E-state index contributed by atoms with van der Waals surface area (Å²) in [6.07, 6.45) is -0.951. The molecule has 0 saturated carbocycles. The van der Waals surface area contributed by atoms with E-state index < -0.39 is 41.3 Å². The van der Waals surface area contributed by atoms with Crippen molar-refractivity contribution in [2.75, 3.05) is 11.9 Å². The monoisotopic (exact) mass is 993 g/mol. The first-order chi connectivity index (χ1) is 37.6. The summed E-state index contributed by atoms with van der Waals surface area (Å²) in [6.45, 7) is -0.0343. The fourth-order valence-electron chi connectivity index (χ4n) is 11.2. The van der Waals surface area contributed by atoms with E-state index in [0.717, 1.165) is 50.1 Å². The number of aromatic nitrogens is 4. The van der Waals surface area contributed by atoms with Crippen molar-refractivity contribution in [1.82, 2.24) is 19.5 Å². The van der Waals surface area contributed by atoms with Gasteiger partial charge in [-0.05, 0) is 50.1 Å². The van der Waals surface area contributed by atoms with E-state index >= 15 is 0 Å². The summed E-state index contributed by atoms with van der Waals surface area (Å²) < 4.78 is 24.4. The number of hydrogen-bond acceptors (Lipinski definition) is 8. The van der Waals surface area contributed by atoms with E-state index in [2.05, 4.69) is 151 Å². The van der Waals surface area contributed by atoms with E-state index in [1.807, 2.05) is 132 Å². The first-order valence-corrected chi connectivity index (χ1v) is 25.7. The maximum atomic E-state index is 13.3. The van der Waals surface area contributed by atoms with Crippen molar-refractivity contribution in [2.45, 2.75) is 41.3 Å². The van der Waals surface area contributed by atoms with Crippen LogP contribution in [0.5, 0.6) is 0 Å². The zero-order chi connectivity index (χ0) is 51.2. The van der Waals surface area contributed by atoms with Crippen molar-refractivity contribution in [2.24, 2.45) is 0 Å². The Balaban J connectivity index is 1.02. The first kappa shape index (κ1) is 48.1. The van der Waals surface area contributed by atoms with Gasteiger partial charge in [0.2, 0.25) is 0 Å². The third-order valence-corrected chi connectivity index (χ3v) is 14.7. The molecule has 1 aliphatic rings. The number of aliphatic hydroxyl groups is 1. The highest BCUT2D eigenvalue weighted by Gasteiger charge is 2.53. The summed E-state index contributed by atoms with van der Waals surface area (Å²) in [5.74, 6) is 0.502. The molecule has 3 heterocycles. The van der Waals surface area contributed by atoms with Gasteiger partial charge < -0.3 is 24.6 Å². The van der Waals surface area contributed by atoms with Gasteiger partial charge in [0.15, 0.2) is 23.2 Å². The Morgan fingerprint density at radius 2 is 0.776 bits per heavy atom. The third-order valence-electron chi connectivity index (χ3n) is 14.7. The predicted octanol–water partition coefficient (Wildman–Crippen LogP) is 12.9. The predicted molar refractivity (Wildman–Crippen MR) is 297 cm³/mol. The molecule has 0 spiro atoms. The molecule has 372 valence electrons. The molecule has 12 rings (SSSR count).